The molecule has 0 aromatic carbocycles. The lowest BCUT2D eigenvalue weighted by Crippen LogP contribution is -2.49. The van der Waals surface area contributed by atoms with Crippen LogP contribution in [0, 0.1) is 0 Å². The molecule has 3 heteroatoms. The van der Waals surface area contributed by atoms with E-state index in [-0.39, 0.29) is 0 Å². The van der Waals surface area contributed by atoms with E-state index in [0.717, 1.165) is 14.9 Å². The van der Waals surface area contributed by atoms with Gasteiger partial charge in [0.05, 0.1) is 19.1 Å². The van der Waals surface area contributed by atoms with Gasteiger partial charge >= 0.3 is 0 Å². The number of hydrogen-bond acceptors (Lipinski definition) is 1. The second-order valence-corrected chi connectivity index (χ2v) is 6.60. The molecule has 0 aromatic rings. The van der Waals surface area contributed by atoms with Crippen molar-refractivity contribution in [1.29, 1.82) is 0 Å². The minimum atomic E-state index is 0.953. The van der Waals surface area contributed by atoms with Crippen molar-refractivity contribution in [2.45, 2.75) is 59.4 Å². The van der Waals surface area contributed by atoms with Gasteiger partial charge in [0.15, 0.2) is 8.88 Å². The predicted octanol–water partition coefficient (Wildman–Crippen LogP) is 3.64. The highest BCUT2D eigenvalue weighted by atomic mass is 31.1. The van der Waals surface area contributed by atoms with Crippen molar-refractivity contribution in [2.75, 3.05) is 26.2 Å². The first-order valence-electron chi connectivity index (χ1n) is 7.12. The molecule has 96 valence electrons. The zero-order valence-corrected chi connectivity index (χ0v) is 12.6. The first-order chi connectivity index (χ1) is 7.72. The first-order valence-corrected chi connectivity index (χ1v) is 8.01. The minimum absolute atomic E-state index is 0.953. The maximum atomic E-state index is 2.63. The van der Waals surface area contributed by atoms with E-state index in [9.17, 15) is 0 Å². The number of nitrogens with zero attached hydrogens (tertiary/aromatic N) is 2. The van der Waals surface area contributed by atoms with Crippen molar-refractivity contribution in [3.8, 4) is 0 Å². The summed E-state index contributed by atoms with van der Waals surface area (Å²) in [6.45, 7) is 14.4. The van der Waals surface area contributed by atoms with E-state index in [0.29, 0.717) is 0 Å². The van der Waals surface area contributed by atoms with Crippen LogP contribution in [0.25, 0.3) is 0 Å². The molecule has 0 saturated heterocycles. The first kappa shape index (κ1) is 14.4. The number of hydrogen-bond donors (Lipinski definition) is 0. The quantitative estimate of drug-likeness (QED) is 0.619. The summed E-state index contributed by atoms with van der Waals surface area (Å²) in [6.07, 6.45) is 5.87. The Morgan fingerprint density at radius 3 is 1.88 bits per heavy atom. The summed E-state index contributed by atoms with van der Waals surface area (Å²) >= 11 is 0. The predicted molar refractivity (Wildman–Crippen MR) is 74.8 cm³/mol. The molecule has 0 amide bonds. The van der Waals surface area contributed by atoms with Crippen molar-refractivity contribution >= 4 is 8.88 Å². The molecule has 0 radical (unpaired) electrons. The molecule has 0 N–H and O–H groups in total. The van der Waals surface area contributed by atoms with Gasteiger partial charge in [0.25, 0.3) is 0 Å². The van der Waals surface area contributed by atoms with Gasteiger partial charge in [-0.2, -0.15) is 0 Å². The highest BCUT2D eigenvalue weighted by Crippen LogP contribution is 2.41. The van der Waals surface area contributed by atoms with Crippen LogP contribution in [0.5, 0.6) is 0 Å². The molecule has 1 saturated carbocycles. The van der Waals surface area contributed by atoms with Crippen LogP contribution in [-0.2, 0) is 0 Å². The van der Waals surface area contributed by atoms with Gasteiger partial charge in [-0.15, -0.1) is 0 Å². The van der Waals surface area contributed by atoms with E-state index in [1.54, 1.807) is 0 Å². The van der Waals surface area contributed by atoms with E-state index in [2.05, 4.69) is 32.4 Å². The summed E-state index contributed by atoms with van der Waals surface area (Å²) in [5, 5.41) is 0. The lowest BCUT2D eigenvalue weighted by Gasteiger charge is -2.44. The maximum Gasteiger partial charge on any atom is 0.170 e. The number of rotatable bonds is 7. The van der Waals surface area contributed by atoms with Crippen LogP contribution >= 0.6 is 8.88 Å². The van der Waals surface area contributed by atoms with Crippen LogP contribution in [0.3, 0.4) is 0 Å². The molecule has 16 heavy (non-hydrogen) atoms. The summed E-state index contributed by atoms with van der Waals surface area (Å²) in [5.74, 6) is 0. The Morgan fingerprint density at radius 1 is 1.00 bits per heavy atom. The van der Waals surface area contributed by atoms with Crippen LogP contribution in [0.2, 0.25) is 0 Å². The van der Waals surface area contributed by atoms with Gasteiger partial charge in [-0.05, 0) is 39.5 Å². The van der Waals surface area contributed by atoms with Gasteiger partial charge in [0.2, 0.25) is 0 Å². The summed E-state index contributed by atoms with van der Waals surface area (Å²) in [5.41, 5.74) is 0. The van der Waals surface area contributed by atoms with Gasteiger partial charge in [-0.3, -0.25) is 4.25 Å². The van der Waals surface area contributed by atoms with Gasteiger partial charge in [0.1, 0.15) is 0 Å². The molecule has 1 aliphatic carbocycles. The second kappa shape index (κ2) is 6.93. The van der Waals surface area contributed by atoms with Gasteiger partial charge in [0, 0.05) is 13.1 Å². The highest BCUT2D eigenvalue weighted by Gasteiger charge is 2.37. The van der Waals surface area contributed by atoms with Crippen LogP contribution in [0.4, 0.5) is 0 Å². The molecular weight excluding hydrogens is 215 g/mol. The summed E-state index contributed by atoms with van der Waals surface area (Å²) in [4.78, 5) is 0. The Kier molecular flexibility index (Phi) is 6.25. The fourth-order valence-electron chi connectivity index (χ4n) is 3.01. The highest BCUT2D eigenvalue weighted by molar-refractivity contribution is 7.28. The SMILES string of the molecule is CCN(CC)P[N+](CC)(CC)C1CCCC1. The zero-order chi connectivity index (χ0) is 12.0. The molecule has 0 bridgehead atoms. The van der Waals surface area contributed by atoms with Crippen molar-refractivity contribution in [3.05, 3.63) is 0 Å². The normalized spacial score (nSPS) is 19.3. The van der Waals surface area contributed by atoms with E-state index >= 15 is 0 Å². The lowest BCUT2D eigenvalue weighted by atomic mass is 10.2. The third kappa shape index (κ3) is 3.18. The lowest BCUT2D eigenvalue weighted by molar-refractivity contribution is -0.829. The average Bonchev–Trinajstić information content (AvgIpc) is 2.86. The molecule has 0 aliphatic heterocycles. The van der Waals surface area contributed by atoms with E-state index < -0.39 is 0 Å². The molecule has 1 atom stereocenters. The van der Waals surface area contributed by atoms with Crippen molar-refractivity contribution in [3.63, 3.8) is 0 Å². The van der Waals surface area contributed by atoms with Crippen molar-refractivity contribution < 1.29 is 4.25 Å². The van der Waals surface area contributed by atoms with E-state index in [1.165, 1.54) is 56.1 Å². The smallest absolute Gasteiger partial charge is 0.170 e. The molecule has 1 unspecified atom stereocenters. The van der Waals surface area contributed by atoms with Gasteiger partial charge in [-0.25, -0.2) is 4.67 Å². The molecule has 2 nitrogen and oxygen atoms in total. The third-order valence-corrected chi connectivity index (χ3v) is 6.57. The molecule has 1 rings (SSSR count). The Hall–Kier alpha value is 0.350. The van der Waals surface area contributed by atoms with Crippen molar-refractivity contribution in [2.24, 2.45) is 0 Å². The Balaban J connectivity index is 2.69. The number of quaternary nitrogens is 1. The standard InChI is InChI=1S/C13H30N2P/c1-5-14(6-2)16-15(7-3,8-4)13-11-9-10-12-13/h13,16H,5-12H2,1-4H3/q+1. The van der Waals surface area contributed by atoms with Crippen LogP contribution in [0.15, 0.2) is 0 Å². The molecule has 0 heterocycles. The molecule has 0 aromatic heterocycles. The zero-order valence-electron chi connectivity index (χ0n) is 11.6. The van der Waals surface area contributed by atoms with Gasteiger partial charge < -0.3 is 0 Å². The monoisotopic (exact) mass is 245 g/mol. The summed E-state index contributed by atoms with van der Waals surface area (Å²) in [7, 11) is 0.990. The summed E-state index contributed by atoms with van der Waals surface area (Å²) < 4.78 is 3.99. The fraction of sp³-hybridized carbons (Fsp3) is 1.00. The molecule has 1 fully saturated rings. The second-order valence-electron chi connectivity index (χ2n) is 4.88. The maximum absolute atomic E-state index is 2.63. The largest absolute Gasteiger partial charge is 0.297 e. The molecule has 0 spiro atoms. The van der Waals surface area contributed by atoms with E-state index in [4.69, 9.17) is 0 Å². The Morgan fingerprint density at radius 2 is 1.50 bits per heavy atom. The van der Waals surface area contributed by atoms with E-state index in [1.807, 2.05) is 0 Å². The van der Waals surface area contributed by atoms with Crippen LogP contribution < -0.4 is 0 Å². The van der Waals surface area contributed by atoms with Crippen LogP contribution in [-0.4, -0.2) is 41.1 Å². The van der Waals surface area contributed by atoms with Gasteiger partial charge in [-0.1, -0.05) is 13.8 Å². The summed E-state index contributed by atoms with van der Waals surface area (Å²) in [6, 6.07) is 0.953. The Bertz CT molecular complexity index is 182. The van der Waals surface area contributed by atoms with Crippen molar-refractivity contribution in [1.82, 2.24) is 4.67 Å². The topological polar surface area (TPSA) is 3.24 Å². The fourth-order valence-corrected chi connectivity index (χ4v) is 4.56. The Labute approximate surface area is 104 Å². The minimum Gasteiger partial charge on any atom is -0.297 e. The average molecular weight is 245 g/mol. The molecule has 1 aliphatic rings. The third-order valence-electron chi connectivity index (χ3n) is 4.26. The molecular formula is C13H30N2P+. The van der Waals surface area contributed by atoms with Crippen LogP contribution in [0.1, 0.15) is 53.4 Å².